The third-order valence-corrected chi connectivity index (χ3v) is 3.13. The van der Waals surface area contributed by atoms with E-state index in [1.807, 2.05) is 0 Å². The van der Waals surface area contributed by atoms with Crippen molar-refractivity contribution in [1.82, 2.24) is 4.90 Å². The van der Waals surface area contributed by atoms with E-state index in [-0.39, 0.29) is 18.1 Å². The first kappa shape index (κ1) is 11.9. The number of amides is 1. The van der Waals surface area contributed by atoms with Crippen molar-refractivity contribution in [3.05, 3.63) is 0 Å². The third-order valence-electron chi connectivity index (χ3n) is 2.91. The van der Waals surface area contributed by atoms with Crippen LogP contribution in [0.25, 0.3) is 0 Å². The smallest absolute Gasteiger partial charge is 0.223 e. The Bertz CT molecular complexity index is 199. The van der Waals surface area contributed by atoms with Gasteiger partial charge >= 0.3 is 0 Å². The van der Waals surface area contributed by atoms with Gasteiger partial charge in [0, 0.05) is 13.5 Å². The SMILES string of the molecule is CN(C(=O)CCS)C1CCCCC1O. The summed E-state index contributed by atoms with van der Waals surface area (Å²) >= 11 is 4.03. The highest BCUT2D eigenvalue weighted by molar-refractivity contribution is 7.80. The number of carbonyl (C=O) groups is 1. The van der Waals surface area contributed by atoms with Gasteiger partial charge in [-0.25, -0.2) is 0 Å². The van der Waals surface area contributed by atoms with Gasteiger partial charge in [0.1, 0.15) is 0 Å². The molecule has 4 heteroatoms. The van der Waals surface area contributed by atoms with E-state index in [0.29, 0.717) is 12.2 Å². The highest BCUT2D eigenvalue weighted by atomic mass is 32.1. The van der Waals surface area contributed by atoms with Gasteiger partial charge in [0.15, 0.2) is 0 Å². The van der Waals surface area contributed by atoms with Gasteiger partial charge in [-0.1, -0.05) is 12.8 Å². The molecule has 0 radical (unpaired) electrons. The van der Waals surface area contributed by atoms with Crippen LogP contribution >= 0.6 is 12.6 Å². The van der Waals surface area contributed by atoms with Crippen molar-refractivity contribution in [2.45, 2.75) is 44.2 Å². The van der Waals surface area contributed by atoms with Crippen LogP contribution in [0.2, 0.25) is 0 Å². The van der Waals surface area contributed by atoms with Crippen molar-refractivity contribution >= 4 is 18.5 Å². The minimum Gasteiger partial charge on any atom is -0.391 e. The maximum absolute atomic E-state index is 11.6. The third kappa shape index (κ3) is 2.89. The fourth-order valence-electron chi connectivity index (χ4n) is 2.00. The van der Waals surface area contributed by atoms with E-state index in [9.17, 15) is 9.90 Å². The van der Waals surface area contributed by atoms with Crippen LogP contribution in [-0.2, 0) is 4.79 Å². The van der Waals surface area contributed by atoms with Crippen LogP contribution in [0.3, 0.4) is 0 Å². The lowest BCUT2D eigenvalue weighted by molar-refractivity contribution is -0.134. The number of aliphatic hydroxyl groups is 1. The standard InChI is InChI=1S/C10H19NO2S/c1-11(10(13)6-7-14)8-4-2-3-5-9(8)12/h8-9,12,14H,2-7H2,1H3. The molecule has 0 bridgehead atoms. The van der Waals surface area contributed by atoms with Crippen LogP contribution < -0.4 is 0 Å². The molecule has 82 valence electrons. The topological polar surface area (TPSA) is 40.5 Å². The second-order valence-corrected chi connectivity index (χ2v) is 4.34. The van der Waals surface area contributed by atoms with Crippen molar-refractivity contribution in [3.8, 4) is 0 Å². The lowest BCUT2D eigenvalue weighted by atomic mass is 9.91. The number of carbonyl (C=O) groups excluding carboxylic acids is 1. The Hall–Kier alpha value is -0.220. The van der Waals surface area contributed by atoms with E-state index in [1.54, 1.807) is 11.9 Å². The Morgan fingerprint density at radius 2 is 2.14 bits per heavy atom. The molecule has 1 saturated carbocycles. The van der Waals surface area contributed by atoms with Gasteiger partial charge < -0.3 is 10.0 Å². The molecule has 0 spiro atoms. The van der Waals surface area contributed by atoms with E-state index < -0.39 is 0 Å². The second kappa shape index (κ2) is 5.61. The zero-order valence-corrected chi connectivity index (χ0v) is 9.54. The summed E-state index contributed by atoms with van der Waals surface area (Å²) in [4.78, 5) is 13.2. The molecule has 1 aliphatic carbocycles. The molecule has 0 aromatic rings. The molecule has 1 rings (SSSR count). The Balaban J connectivity index is 2.48. The highest BCUT2D eigenvalue weighted by Crippen LogP contribution is 2.22. The lowest BCUT2D eigenvalue weighted by Crippen LogP contribution is -2.46. The number of likely N-dealkylation sites (N-methyl/N-ethyl adjacent to an activating group) is 1. The Morgan fingerprint density at radius 3 is 2.71 bits per heavy atom. The number of nitrogens with zero attached hydrogens (tertiary/aromatic N) is 1. The average molecular weight is 217 g/mol. The van der Waals surface area contributed by atoms with Gasteiger partial charge in [-0.15, -0.1) is 0 Å². The van der Waals surface area contributed by atoms with Crippen LogP contribution in [-0.4, -0.2) is 40.9 Å². The molecular weight excluding hydrogens is 198 g/mol. The van der Waals surface area contributed by atoms with Crippen LogP contribution in [0.5, 0.6) is 0 Å². The van der Waals surface area contributed by atoms with Crippen molar-refractivity contribution in [1.29, 1.82) is 0 Å². The van der Waals surface area contributed by atoms with Gasteiger partial charge in [-0.05, 0) is 18.6 Å². The van der Waals surface area contributed by atoms with Crippen molar-refractivity contribution in [2.24, 2.45) is 0 Å². The summed E-state index contributed by atoms with van der Waals surface area (Å²) in [6.07, 6.45) is 4.06. The minimum atomic E-state index is -0.336. The normalized spacial score (nSPS) is 27.4. The average Bonchev–Trinajstić information content (AvgIpc) is 2.18. The predicted molar refractivity (Wildman–Crippen MR) is 59.5 cm³/mol. The highest BCUT2D eigenvalue weighted by Gasteiger charge is 2.28. The molecule has 0 aromatic heterocycles. The van der Waals surface area contributed by atoms with Crippen molar-refractivity contribution in [2.75, 3.05) is 12.8 Å². The van der Waals surface area contributed by atoms with Crippen molar-refractivity contribution in [3.63, 3.8) is 0 Å². The van der Waals surface area contributed by atoms with E-state index in [1.165, 1.54) is 0 Å². The molecule has 2 atom stereocenters. The predicted octanol–water partition coefficient (Wildman–Crippen LogP) is 1.07. The maximum atomic E-state index is 11.6. The van der Waals surface area contributed by atoms with Crippen LogP contribution in [0.1, 0.15) is 32.1 Å². The van der Waals surface area contributed by atoms with Gasteiger partial charge in [0.2, 0.25) is 5.91 Å². The lowest BCUT2D eigenvalue weighted by Gasteiger charge is -2.35. The summed E-state index contributed by atoms with van der Waals surface area (Å²) in [5, 5.41) is 9.74. The van der Waals surface area contributed by atoms with E-state index in [2.05, 4.69) is 12.6 Å². The molecule has 0 aliphatic heterocycles. The summed E-state index contributed by atoms with van der Waals surface area (Å²) in [5.74, 6) is 0.664. The molecule has 14 heavy (non-hydrogen) atoms. The maximum Gasteiger partial charge on any atom is 0.223 e. The quantitative estimate of drug-likeness (QED) is 0.694. The van der Waals surface area contributed by atoms with Gasteiger partial charge in [0.25, 0.3) is 0 Å². The monoisotopic (exact) mass is 217 g/mol. The summed E-state index contributed by atoms with van der Waals surface area (Å²) in [5.41, 5.74) is 0. The second-order valence-electron chi connectivity index (χ2n) is 3.90. The zero-order chi connectivity index (χ0) is 10.6. The molecule has 1 N–H and O–H groups in total. The largest absolute Gasteiger partial charge is 0.391 e. The number of hydrogen-bond donors (Lipinski definition) is 2. The van der Waals surface area contributed by atoms with Crippen LogP contribution in [0, 0.1) is 0 Å². The molecule has 1 fully saturated rings. The molecule has 1 amide bonds. The number of hydrogen-bond acceptors (Lipinski definition) is 3. The summed E-state index contributed by atoms with van der Waals surface area (Å²) < 4.78 is 0. The number of rotatable bonds is 3. The molecule has 0 aromatic carbocycles. The molecule has 2 unspecified atom stereocenters. The van der Waals surface area contributed by atoms with Crippen LogP contribution in [0.15, 0.2) is 0 Å². The van der Waals surface area contributed by atoms with Crippen molar-refractivity contribution < 1.29 is 9.90 Å². The molecule has 0 heterocycles. The summed E-state index contributed by atoms with van der Waals surface area (Å²) in [6, 6.07) is 0.0242. The van der Waals surface area contributed by atoms with E-state index in [0.717, 1.165) is 25.7 Å². The number of thiol groups is 1. The molecule has 1 aliphatic rings. The molecule has 3 nitrogen and oxygen atoms in total. The first-order valence-electron chi connectivity index (χ1n) is 5.21. The molecule has 0 saturated heterocycles. The van der Waals surface area contributed by atoms with Gasteiger partial charge in [0.05, 0.1) is 12.1 Å². The summed E-state index contributed by atoms with van der Waals surface area (Å²) in [6.45, 7) is 0. The van der Waals surface area contributed by atoms with Gasteiger partial charge in [-0.2, -0.15) is 12.6 Å². The zero-order valence-electron chi connectivity index (χ0n) is 8.65. The Morgan fingerprint density at radius 1 is 1.50 bits per heavy atom. The first-order chi connectivity index (χ1) is 6.66. The fraction of sp³-hybridized carbons (Fsp3) is 0.900. The Labute approximate surface area is 90.9 Å². The first-order valence-corrected chi connectivity index (χ1v) is 5.84. The van der Waals surface area contributed by atoms with Crippen LogP contribution in [0.4, 0.5) is 0 Å². The molecular formula is C10H19NO2S. The summed E-state index contributed by atoms with van der Waals surface area (Å²) in [7, 11) is 1.78. The Kier molecular flexibility index (Phi) is 4.75. The number of aliphatic hydroxyl groups excluding tert-OH is 1. The minimum absolute atomic E-state index is 0.0242. The van der Waals surface area contributed by atoms with Gasteiger partial charge in [-0.3, -0.25) is 4.79 Å². The van der Waals surface area contributed by atoms with E-state index >= 15 is 0 Å². The fourth-order valence-corrected chi connectivity index (χ4v) is 2.19. The van der Waals surface area contributed by atoms with E-state index in [4.69, 9.17) is 0 Å².